The van der Waals surface area contributed by atoms with E-state index in [0.29, 0.717) is 25.9 Å². The largest absolute Gasteiger partial charge is 0.444 e. The molecule has 1 fully saturated rings. The lowest BCUT2D eigenvalue weighted by Gasteiger charge is -2.37. The van der Waals surface area contributed by atoms with Gasteiger partial charge in [-0.25, -0.2) is 9.59 Å². The van der Waals surface area contributed by atoms with E-state index in [1.54, 1.807) is 4.90 Å². The molecular weight excluding hydrogens is 236 g/mol. The first-order valence-electron chi connectivity index (χ1n) is 5.94. The van der Waals surface area contributed by atoms with E-state index in [1.165, 1.54) is 13.2 Å². The van der Waals surface area contributed by atoms with Crippen molar-refractivity contribution in [3.8, 4) is 0 Å². The van der Waals surface area contributed by atoms with Gasteiger partial charge in [-0.05, 0) is 20.8 Å². The van der Waals surface area contributed by atoms with Crippen molar-refractivity contribution in [1.82, 2.24) is 4.90 Å². The predicted molar refractivity (Wildman–Crippen MR) is 64.9 cm³/mol. The van der Waals surface area contributed by atoms with Gasteiger partial charge in [0.15, 0.2) is 5.72 Å². The number of hydrogen-bond donors (Lipinski definition) is 0. The van der Waals surface area contributed by atoms with E-state index < -0.39 is 11.3 Å². The highest BCUT2D eigenvalue weighted by Crippen LogP contribution is 2.27. The van der Waals surface area contributed by atoms with E-state index in [2.05, 4.69) is 4.99 Å². The number of isocyanates is 1. The zero-order chi connectivity index (χ0) is 13.8. The van der Waals surface area contributed by atoms with Crippen LogP contribution < -0.4 is 0 Å². The lowest BCUT2D eigenvalue weighted by Crippen LogP contribution is -2.48. The third-order valence-corrected chi connectivity index (χ3v) is 2.83. The lowest BCUT2D eigenvalue weighted by atomic mass is 10.0. The van der Waals surface area contributed by atoms with Crippen molar-refractivity contribution >= 4 is 12.2 Å². The zero-order valence-corrected chi connectivity index (χ0v) is 11.4. The number of ether oxygens (including phenoxy) is 2. The van der Waals surface area contributed by atoms with Gasteiger partial charge in [0, 0.05) is 33.0 Å². The monoisotopic (exact) mass is 256 g/mol. The number of piperidine rings is 1. The maximum Gasteiger partial charge on any atom is 0.410 e. The van der Waals surface area contributed by atoms with Gasteiger partial charge in [-0.1, -0.05) is 0 Å². The summed E-state index contributed by atoms with van der Waals surface area (Å²) in [6.07, 6.45) is 2.12. The van der Waals surface area contributed by atoms with Crippen LogP contribution in [0.2, 0.25) is 0 Å². The minimum Gasteiger partial charge on any atom is -0.444 e. The Balaban J connectivity index is 2.58. The second-order valence-corrected chi connectivity index (χ2v) is 5.32. The molecule has 0 aromatic heterocycles. The van der Waals surface area contributed by atoms with Crippen LogP contribution in [0, 0.1) is 0 Å². The summed E-state index contributed by atoms with van der Waals surface area (Å²) < 4.78 is 10.5. The van der Waals surface area contributed by atoms with E-state index in [0.717, 1.165) is 0 Å². The summed E-state index contributed by atoms with van der Waals surface area (Å²) in [5, 5.41) is 0. The Kier molecular flexibility index (Phi) is 4.48. The van der Waals surface area contributed by atoms with Gasteiger partial charge in [-0.3, -0.25) is 0 Å². The summed E-state index contributed by atoms with van der Waals surface area (Å²) >= 11 is 0. The normalized spacial score (nSPS) is 19.0. The Labute approximate surface area is 107 Å². The molecular formula is C12H20N2O4. The van der Waals surface area contributed by atoms with Crippen LogP contribution in [0.25, 0.3) is 0 Å². The van der Waals surface area contributed by atoms with Gasteiger partial charge >= 0.3 is 6.09 Å². The Morgan fingerprint density at radius 2 is 1.89 bits per heavy atom. The lowest BCUT2D eigenvalue weighted by molar-refractivity contribution is -0.0540. The van der Waals surface area contributed by atoms with Crippen LogP contribution in [0.5, 0.6) is 0 Å². The van der Waals surface area contributed by atoms with Crippen LogP contribution in [0.4, 0.5) is 4.79 Å². The second kappa shape index (κ2) is 5.50. The van der Waals surface area contributed by atoms with Crippen molar-refractivity contribution in [3.05, 3.63) is 0 Å². The Morgan fingerprint density at radius 3 is 2.28 bits per heavy atom. The number of methoxy groups -OCH3 is 1. The average molecular weight is 256 g/mol. The fourth-order valence-electron chi connectivity index (χ4n) is 1.81. The first kappa shape index (κ1) is 14.7. The molecule has 1 aliphatic rings. The molecule has 0 radical (unpaired) electrons. The molecule has 0 unspecified atom stereocenters. The molecule has 1 amide bonds. The minimum atomic E-state index is -0.833. The third kappa shape index (κ3) is 3.82. The maximum absolute atomic E-state index is 11.8. The third-order valence-electron chi connectivity index (χ3n) is 2.83. The minimum absolute atomic E-state index is 0.345. The van der Waals surface area contributed by atoms with Gasteiger partial charge in [0.1, 0.15) is 5.60 Å². The standard InChI is InChI=1S/C12H20N2O4/c1-11(2,3)18-10(16)14-7-5-12(17-4,6-8-14)13-9-15/h5-8H2,1-4H3. The van der Waals surface area contributed by atoms with Gasteiger partial charge in [0.05, 0.1) is 0 Å². The van der Waals surface area contributed by atoms with Crippen molar-refractivity contribution in [2.24, 2.45) is 4.99 Å². The van der Waals surface area contributed by atoms with Crippen molar-refractivity contribution in [2.75, 3.05) is 20.2 Å². The topological polar surface area (TPSA) is 68.2 Å². The summed E-state index contributed by atoms with van der Waals surface area (Å²) in [7, 11) is 1.50. The number of aliphatic imine (C=N–C) groups is 1. The van der Waals surface area contributed by atoms with Crippen molar-refractivity contribution in [3.63, 3.8) is 0 Å². The first-order valence-corrected chi connectivity index (χ1v) is 5.94. The van der Waals surface area contributed by atoms with E-state index in [9.17, 15) is 9.59 Å². The summed E-state index contributed by atoms with van der Waals surface area (Å²) in [5.74, 6) is 0. The molecule has 1 saturated heterocycles. The summed E-state index contributed by atoms with van der Waals surface area (Å²) in [5.41, 5.74) is -1.34. The Bertz CT molecular complexity index is 348. The highest BCUT2D eigenvalue weighted by molar-refractivity contribution is 5.68. The van der Waals surface area contributed by atoms with Crippen LogP contribution in [0.1, 0.15) is 33.6 Å². The zero-order valence-electron chi connectivity index (χ0n) is 11.4. The Morgan fingerprint density at radius 1 is 1.33 bits per heavy atom. The van der Waals surface area contributed by atoms with Crippen LogP contribution in [0.3, 0.4) is 0 Å². The fraction of sp³-hybridized carbons (Fsp3) is 0.833. The number of likely N-dealkylation sites (tertiary alicyclic amines) is 1. The fourth-order valence-corrected chi connectivity index (χ4v) is 1.81. The molecule has 6 nitrogen and oxygen atoms in total. The SMILES string of the molecule is COC1(N=C=O)CCN(C(=O)OC(C)(C)C)CC1. The molecule has 1 rings (SSSR count). The average Bonchev–Trinajstić information content (AvgIpc) is 2.28. The van der Waals surface area contributed by atoms with Gasteiger partial charge in [0.2, 0.25) is 6.08 Å². The smallest absolute Gasteiger partial charge is 0.410 e. The number of hydrogen-bond acceptors (Lipinski definition) is 5. The second-order valence-electron chi connectivity index (χ2n) is 5.32. The van der Waals surface area contributed by atoms with Crippen LogP contribution in [-0.4, -0.2) is 48.6 Å². The molecule has 0 aromatic carbocycles. The molecule has 0 atom stereocenters. The quantitative estimate of drug-likeness (QED) is 0.557. The highest BCUT2D eigenvalue weighted by Gasteiger charge is 2.37. The molecule has 1 aliphatic heterocycles. The number of rotatable bonds is 2. The van der Waals surface area contributed by atoms with Crippen molar-refractivity contribution in [1.29, 1.82) is 0 Å². The van der Waals surface area contributed by atoms with Gasteiger partial charge < -0.3 is 14.4 Å². The number of carbonyl (C=O) groups is 1. The molecule has 0 spiro atoms. The molecule has 0 aromatic rings. The molecule has 0 bridgehead atoms. The molecule has 0 N–H and O–H groups in total. The van der Waals surface area contributed by atoms with Gasteiger partial charge in [-0.2, -0.15) is 4.99 Å². The van der Waals surface area contributed by atoms with E-state index in [-0.39, 0.29) is 6.09 Å². The Hall–Kier alpha value is -1.39. The maximum atomic E-state index is 11.8. The van der Waals surface area contributed by atoms with Gasteiger partial charge in [-0.15, -0.1) is 0 Å². The predicted octanol–water partition coefficient (Wildman–Crippen LogP) is 1.70. The van der Waals surface area contributed by atoms with E-state index in [4.69, 9.17) is 9.47 Å². The molecule has 0 aliphatic carbocycles. The van der Waals surface area contributed by atoms with Crippen LogP contribution >= 0.6 is 0 Å². The number of carbonyl (C=O) groups excluding carboxylic acids is 2. The summed E-state index contributed by atoms with van der Waals surface area (Å²) in [6, 6.07) is 0. The number of nitrogens with zero attached hydrogens (tertiary/aromatic N) is 2. The summed E-state index contributed by atoms with van der Waals surface area (Å²) in [4.78, 5) is 27.5. The highest BCUT2D eigenvalue weighted by atomic mass is 16.6. The molecule has 102 valence electrons. The van der Waals surface area contributed by atoms with Crippen molar-refractivity contribution in [2.45, 2.75) is 44.9 Å². The molecule has 1 heterocycles. The molecule has 0 saturated carbocycles. The van der Waals surface area contributed by atoms with Crippen LogP contribution in [0.15, 0.2) is 4.99 Å². The van der Waals surface area contributed by atoms with E-state index >= 15 is 0 Å². The van der Waals surface area contributed by atoms with Crippen LogP contribution in [-0.2, 0) is 14.3 Å². The molecule has 18 heavy (non-hydrogen) atoms. The summed E-state index contributed by atoms with van der Waals surface area (Å²) in [6.45, 7) is 6.38. The van der Waals surface area contributed by atoms with Crippen molar-refractivity contribution < 1.29 is 19.1 Å². The van der Waals surface area contributed by atoms with E-state index in [1.807, 2.05) is 20.8 Å². The van der Waals surface area contributed by atoms with Gasteiger partial charge in [0.25, 0.3) is 0 Å². The number of amides is 1. The molecule has 6 heteroatoms. The first-order chi connectivity index (χ1) is 8.32.